The summed E-state index contributed by atoms with van der Waals surface area (Å²) < 4.78 is 27.1. The second kappa shape index (κ2) is 6.28. The molecule has 5 saturated carbocycles. The van der Waals surface area contributed by atoms with Gasteiger partial charge in [-0.05, 0) is 81.5 Å². The molecule has 1 heterocycles. The molecule has 6 rings (SSSR count). The molecule has 0 saturated heterocycles. The number of carbonyl (C=O) groups excluding carboxylic acids is 1. The molecule has 7 nitrogen and oxygen atoms in total. The lowest BCUT2D eigenvalue weighted by molar-refractivity contribution is -0.123. The SMILES string of the molecule is C[C@H](NC(=O)CS(=O)(=O)c1nnc(C2CC2)n1C)C12CC3CC(CC(C3)C1)C2. The fraction of sp³-hybridized carbons (Fsp3) is 0.850. The fourth-order valence-corrected chi connectivity index (χ4v) is 7.91. The summed E-state index contributed by atoms with van der Waals surface area (Å²) in [5.41, 5.74) is 0.165. The summed E-state index contributed by atoms with van der Waals surface area (Å²) in [6.45, 7) is 2.07. The number of carbonyl (C=O) groups is 1. The second-order valence-corrected chi connectivity index (χ2v) is 11.9. The highest BCUT2D eigenvalue weighted by atomic mass is 32.2. The Morgan fingerprint density at radius 2 is 1.71 bits per heavy atom. The van der Waals surface area contributed by atoms with Crippen LogP contribution in [0.15, 0.2) is 5.16 Å². The van der Waals surface area contributed by atoms with Crippen molar-refractivity contribution in [1.29, 1.82) is 0 Å². The van der Waals surface area contributed by atoms with Crippen molar-refractivity contribution in [3.8, 4) is 0 Å². The van der Waals surface area contributed by atoms with E-state index in [-0.39, 0.29) is 16.6 Å². The van der Waals surface area contributed by atoms with Gasteiger partial charge in [-0.15, -0.1) is 10.2 Å². The molecule has 5 fully saturated rings. The zero-order valence-corrected chi connectivity index (χ0v) is 17.5. The number of nitrogens with zero attached hydrogens (tertiary/aromatic N) is 3. The molecule has 1 amide bonds. The number of sulfone groups is 1. The van der Waals surface area contributed by atoms with Gasteiger partial charge in [-0.25, -0.2) is 8.42 Å². The van der Waals surface area contributed by atoms with Crippen LogP contribution in [0.3, 0.4) is 0 Å². The molecule has 28 heavy (non-hydrogen) atoms. The minimum atomic E-state index is -3.80. The average Bonchev–Trinajstić information content (AvgIpc) is 3.34. The summed E-state index contributed by atoms with van der Waals surface area (Å²) in [5.74, 6) is 2.45. The Kier molecular flexibility index (Phi) is 4.17. The second-order valence-electron chi connectivity index (χ2n) is 10.0. The number of rotatable bonds is 6. The first kappa shape index (κ1) is 18.6. The number of hydrogen-bond donors (Lipinski definition) is 1. The quantitative estimate of drug-likeness (QED) is 0.781. The molecule has 5 aliphatic rings. The number of amides is 1. The molecule has 0 aromatic carbocycles. The van der Waals surface area contributed by atoms with Crippen LogP contribution in [0.2, 0.25) is 0 Å². The van der Waals surface area contributed by atoms with Crippen molar-refractivity contribution in [3.63, 3.8) is 0 Å². The molecule has 8 heteroatoms. The molecule has 0 unspecified atom stereocenters. The van der Waals surface area contributed by atoms with E-state index in [4.69, 9.17) is 0 Å². The molecular formula is C20H30N4O3S. The van der Waals surface area contributed by atoms with E-state index >= 15 is 0 Å². The first-order valence-corrected chi connectivity index (χ1v) is 12.3. The highest BCUT2D eigenvalue weighted by molar-refractivity contribution is 7.91. The molecule has 1 aromatic heterocycles. The summed E-state index contributed by atoms with van der Waals surface area (Å²) in [6, 6.07) is 0.0186. The maximum absolute atomic E-state index is 12.8. The van der Waals surface area contributed by atoms with Gasteiger partial charge in [-0.2, -0.15) is 0 Å². The largest absolute Gasteiger partial charge is 0.352 e. The van der Waals surface area contributed by atoms with E-state index in [1.54, 1.807) is 11.6 Å². The maximum atomic E-state index is 12.8. The van der Waals surface area contributed by atoms with Crippen molar-refractivity contribution >= 4 is 15.7 Å². The van der Waals surface area contributed by atoms with Gasteiger partial charge >= 0.3 is 0 Å². The van der Waals surface area contributed by atoms with Crippen LogP contribution in [0.4, 0.5) is 0 Å². The summed E-state index contributed by atoms with van der Waals surface area (Å²) in [6.07, 6.45) is 9.64. The summed E-state index contributed by atoms with van der Waals surface area (Å²) >= 11 is 0. The molecular weight excluding hydrogens is 376 g/mol. The van der Waals surface area contributed by atoms with Crippen LogP contribution in [0.1, 0.15) is 70.0 Å². The molecule has 154 valence electrons. The number of hydrogen-bond acceptors (Lipinski definition) is 5. The molecule has 0 spiro atoms. The Morgan fingerprint density at radius 3 is 2.25 bits per heavy atom. The van der Waals surface area contributed by atoms with Gasteiger partial charge in [0.05, 0.1) is 0 Å². The molecule has 0 radical (unpaired) electrons. The zero-order valence-electron chi connectivity index (χ0n) is 16.7. The van der Waals surface area contributed by atoms with Gasteiger partial charge in [0.15, 0.2) is 0 Å². The van der Waals surface area contributed by atoms with Crippen molar-refractivity contribution in [2.24, 2.45) is 30.2 Å². The third-order valence-corrected chi connectivity index (χ3v) is 9.35. The maximum Gasteiger partial charge on any atom is 0.250 e. The fourth-order valence-electron chi connectivity index (χ4n) is 6.68. The molecule has 5 aliphatic carbocycles. The van der Waals surface area contributed by atoms with Crippen molar-refractivity contribution in [2.45, 2.75) is 75.4 Å². The zero-order chi connectivity index (χ0) is 19.7. The van der Waals surface area contributed by atoms with Crippen LogP contribution in [0.5, 0.6) is 0 Å². The standard InChI is InChI=1S/C20H30N4O3S/c1-12(20-8-13-5-14(9-20)7-15(6-13)10-20)21-17(25)11-28(26,27)19-23-22-18(24(19)2)16-3-4-16/h12-16H,3-11H2,1-2H3,(H,21,25)/t12-,13?,14?,15?,20?/m0/s1. The third-order valence-electron chi connectivity index (χ3n) is 7.79. The van der Waals surface area contributed by atoms with Gasteiger partial charge in [0.1, 0.15) is 11.6 Å². The first-order chi connectivity index (χ1) is 13.3. The van der Waals surface area contributed by atoms with Crippen LogP contribution in [0, 0.1) is 23.2 Å². The van der Waals surface area contributed by atoms with Gasteiger partial charge in [0.25, 0.3) is 0 Å². The van der Waals surface area contributed by atoms with Crippen LogP contribution in [0.25, 0.3) is 0 Å². The van der Waals surface area contributed by atoms with Crippen LogP contribution < -0.4 is 5.32 Å². The van der Waals surface area contributed by atoms with E-state index in [0.29, 0.717) is 11.7 Å². The van der Waals surface area contributed by atoms with E-state index in [9.17, 15) is 13.2 Å². The smallest absolute Gasteiger partial charge is 0.250 e. The van der Waals surface area contributed by atoms with Crippen molar-refractivity contribution in [1.82, 2.24) is 20.1 Å². The van der Waals surface area contributed by atoms with E-state index in [1.807, 2.05) is 0 Å². The topological polar surface area (TPSA) is 93.9 Å². The molecule has 1 N–H and O–H groups in total. The predicted octanol–water partition coefficient (Wildman–Crippen LogP) is 2.19. The Morgan fingerprint density at radius 1 is 1.14 bits per heavy atom. The van der Waals surface area contributed by atoms with E-state index in [1.165, 1.54) is 38.5 Å². The molecule has 1 aromatic rings. The summed E-state index contributed by atoms with van der Waals surface area (Å²) in [4.78, 5) is 12.7. The lowest BCUT2D eigenvalue weighted by Gasteiger charge is -2.59. The van der Waals surface area contributed by atoms with Crippen LogP contribution in [-0.2, 0) is 21.7 Å². The Labute approximate surface area is 166 Å². The van der Waals surface area contributed by atoms with Gasteiger partial charge in [-0.3, -0.25) is 4.79 Å². The van der Waals surface area contributed by atoms with Crippen LogP contribution >= 0.6 is 0 Å². The van der Waals surface area contributed by atoms with Crippen molar-refractivity contribution in [3.05, 3.63) is 5.82 Å². The van der Waals surface area contributed by atoms with E-state index < -0.39 is 21.5 Å². The van der Waals surface area contributed by atoms with Crippen molar-refractivity contribution in [2.75, 3.05) is 5.75 Å². The Bertz CT molecular complexity index is 867. The number of nitrogens with one attached hydrogen (secondary N) is 1. The van der Waals surface area contributed by atoms with Crippen LogP contribution in [-0.4, -0.2) is 40.9 Å². The predicted molar refractivity (Wildman–Crippen MR) is 103 cm³/mol. The average molecular weight is 407 g/mol. The Hall–Kier alpha value is -1.44. The highest BCUT2D eigenvalue weighted by Crippen LogP contribution is 2.61. The lowest BCUT2D eigenvalue weighted by Crippen LogP contribution is -2.56. The molecule has 0 aliphatic heterocycles. The minimum absolute atomic E-state index is 0.0186. The van der Waals surface area contributed by atoms with E-state index in [0.717, 1.165) is 30.6 Å². The van der Waals surface area contributed by atoms with Gasteiger partial charge < -0.3 is 9.88 Å². The van der Waals surface area contributed by atoms with Gasteiger partial charge in [-0.1, -0.05) is 0 Å². The highest BCUT2D eigenvalue weighted by Gasteiger charge is 2.53. The summed E-state index contributed by atoms with van der Waals surface area (Å²) in [5, 5.41) is 10.9. The number of aromatic nitrogens is 3. The van der Waals surface area contributed by atoms with Gasteiger partial charge in [0, 0.05) is 19.0 Å². The molecule has 4 bridgehead atoms. The lowest BCUT2D eigenvalue weighted by atomic mass is 9.48. The molecule has 1 atom stereocenters. The van der Waals surface area contributed by atoms with Gasteiger partial charge in [0.2, 0.25) is 20.9 Å². The minimum Gasteiger partial charge on any atom is -0.352 e. The Balaban J connectivity index is 1.27. The van der Waals surface area contributed by atoms with Crippen molar-refractivity contribution < 1.29 is 13.2 Å². The van der Waals surface area contributed by atoms with E-state index in [2.05, 4.69) is 22.4 Å². The summed E-state index contributed by atoms with van der Waals surface area (Å²) in [7, 11) is -2.12. The first-order valence-electron chi connectivity index (χ1n) is 10.7. The third kappa shape index (κ3) is 3.08. The monoisotopic (exact) mass is 406 g/mol. The normalized spacial score (nSPS) is 35.1.